The topological polar surface area (TPSA) is 76.9 Å². The molecule has 1 aromatic carbocycles. The molecule has 0 radical (unpaired) electrons. The average Bonchev–Trinajstić information content (AvgIpc) is 3.69. The SMILES string of the molecule is Cl.N#Cc1c(OCC2(CN3CCOCC3)CC2)nc(N2[C@@H]3CC[C@H]2CNC3)c2c1CN(Cc1ccccc1)CC2. The lowest BCUT2D eigenvalue weighted by Gasteiger charge is -2.40. The zero-order valence-electron chi connectivity index (χ0n) is 23.3. The zero-order chi connectivity index (χ0) is 26.2. The molecule has 1 N–H and O–H groups in total. The van der Waals surface area contributed by atoms with E-state index in [4.69, 9.17) is 14.5 Å². The molecule has 2 aromatic rings. The number of rotatable bonds is 8. The summed E-state index contributed by atoms with van der Waals surface area (Å²) < 4.78 is 12.1. The van der Waals surface area contributed by atoms with Crippen molar-refractivity contribution in [3.63, 3.8) is 0 Å². The van der Waals surface area contributed by atoms with Crippen LogP contribution < -0.4 is 15.0 Å². The minimum Gasteiger partial charge on any atom is -0.476 e. The smallest absolute Gasteiger partial charge is 0.234 e. The Morgan fingerprint density at radius 1 is 1.02 bits per heavy atom. The number of nitriles is 1. The molecular weight excluding hydrogens is 524 g/mol. The molecular formula is C31H41ClN6O2. The predicted molar refractivity (Wildman–Crippen MR) is 157 cm³/mol. The highest BCUT2D eigenvalue weighted by molar-refractivity contribution is 5.85. The Morgan fingerprint density at radius 3 is 2.48 bits per heavy atom. The molecule has 0 unspecified atom stereocenters. The second kappa shape index (κ2) is 11.8. The number of aromatic nitrogens is 1. The fourth-order valence-electron chi connectivity index (χ4n) is 7.16. The normalized spacial score (nSPS) is 25.5. The monoisotopic (exact) mass is 564 g/mol. The van der Waals surface area contributed by atoms with Crippen LogP contribution in [0.25, 0.3) is 0 Å². The van der Waals surface area contributed by atoms with Crippen molar-refractivity contribution in [1.29, 1.82) is 5.26 Å². The number of nitrogens with one attached hydrogen (secondary N) is 1. The van der Waals surface area contributed by atoms with Crippen LogP contribution in [0.15, 0.2) is 30.3 Å². The van der Waals surface area contributed by atoms with Gasteiger partial charge in [0, 0.05) is 75.4 Å². The summed E-state index contributed by atoms with van der Waals surface area (Å²) in [6.07, 6.45) is 5.68. The van der Waals surface area contributed by atoms with Gasteiger partial charge in [0.1, 0.15) is 17.5 Å². The largest absolute Gasteiger partial charge is 0.476 e. The third-order valence-electron chi connectivity index (χ3n) is 9.54. The maximum atomic E-state index is 10.4. The number of nitrogens with zero attached hydrogens (tertiary/aromatic N) is 5. The number of morpholine rings is 1. The minimum atomic E-state index is 0. The van der Waals surface area contributed by atoms with Crippen molar-refractivity contribution < 1.29 is 9.47 Å². The molecule has 5 aliphatic rings. The number of piperazine rings is 1. The van der Waals surface area contributed by atoms with Gasteiger partial charge in [-0.3, -0.25) is 9.80 Å². The van der Waals surface area contributed by atoms with Crippen molar-refractivity contribution >= 4 is 18.2 Å². The molecule has 8 nitrogen and oxygen atoms in total. The number of pyridine rings is 1. The summed E-state index contributed by atoms with van der Waals surface area (Å²) >= 11 is 0. The van der Waals surface area contributed by atoms with Gasteiger partial charge < -0.3 is 19.7 Å². The van der Waals surface area contributed by atoms with Crippen molar-refractivity contribution in [3.05, 3.63) is 52.6 Å². The molecule has 4 aliphatic heterocycles. The first kappa shape index (κ1) is 27.7. The highest BCUT2D eigenvalue weighted by atomic mass is 35.5. The van der Waals surface area contributed by atoms with Gasteiger partial charge in [-0.1, -0.05) is 30.3 Å². The van der Waals surface area contributed by atoms with Gasteiger partial charge in [-0.2, -0.15) is 10.2 Å². The van der Waals surface area contributed by atoms with Crippen molar-refractivity contribution in [1.82, 2.24) is 20.1 Å². The van der Waals surface area contributed by atoms with Crippen molar-refractivity contribution in [2.24, 2.45) is 5.41 Å². The van der Waals surface area contributed by atoms with E-state index < -0.39 is 0 Å². The van der Waals surface area contributed by atoms with Gasteiger partial charge in [0.2, 0.25) is 5.88 Å². The first-order chi connectivity index (χ1) is 19.2. The van der Waals surface area contributed by atoms with Crippen LogP contribution in [-0.2, 0) is 24.2 Å². The van der Waals surface area contributed by atoms with Crippen LogP contribution in [0.3, 0.4) is 0 Å². The lowest BCUT2D eigenvalue weighted by Crippen LogP contribution is -2.53. The molecule has 40 heavy (non-hydrogen) atoms. The van der Waals surface area contributed by atoms with Gasteiger partial charge in [-0.25, -0.2) is 0 Å². The van der Waals surface area contributed by atoms with Gasteiger partial charge in [0.25, 0.3) is 0 Å². The molecule has 214 valence electrons. The van der Waals surface area contributed by atoms with E-state index in [1.807, 2.05) is 0 Å². The summed E-state index contributed by atoms with van der Waals surface area (Å²) in [4.78, 5) is 12.8. The summed E-state index contributed by atoms with van der Waals surface area (Å²) in [7, 11) is 0. The number of hydrogen-bond donors (Lipinski definition) is 1. The Bertz CT molecular complexity index is 1210. The van der Waals surface area contributed by atoms with E-state index in [0.29, 0.717) is 30.1 Å². The Labute approximate surface area is 244 Å². The number of hydrogen-bond acceptors (Lipinski definition) is 8. The van der Waals surface area contributed by atoms with E-state index >= 15 is 0 Å². The summed E-state index contributed by atoms with van der Waals surface area (Å²) in [5.41, 5.74) is 4.54. The van der Waals surface area contributed by atoms with Crippen LogP contribution >= 0.6 is 12.4 Å². The third-order valence-corrected chi connectivity index (χ3v) is 9.54. The molecule has 2 bridgehead atoms. The molecule has 0 amide bonds. The van der Waals surface area contributed by atoms with Crippen LogP contribution in [0.4, 0.5) is 5.82 Å². The van der Waals surface area contributed by atoms with E-state index in [2.05, 4.69) is 56.4 Å². The highest BCUT2D eigenvalue weighted by Crippen LogP contribution is 2.47. The van der Waals surface area contributed by atoms with Crippen LogP contribution in [0, 0.1) is 16.7 Å². The Kier molecular flexibility index (Phi) is 8.21. The third kappa shape index (κ3) is 5.55. The van der Waals surface area contributed by atoms with Gasteiger partial charge in [0.15, 0.2) is 0 Å². The molecule has 9 heteroatoms. The number of ether oxygens (including phenoxy) is 2. The molecule has 2 atom stereocenters. The lowest BCUT2D eigenvalue weighted by atomic mass is 9.95. The van der Waals surface area contributed by atoms with Crippen molar-refractivity contribution in [3.8, 4) is 11.9 Å². The van der Waals surface area contributed by atoms with E-state index in [1.54, 1.807) is 0 Å². The average molecular weight is 565 g/mol. The van der Waals surface area contributed by atoms with Gasteiger partial charge in [-0.15, -0.1) is 12.4 Å². The van der Waals surface area contributed by atoms with Crippen LogP contribution in [0.1, 0.15) is 47.9 Å². The van der Waals surface area contributed by atoms with Gasteiger partial charge in [-0.05, 0) is 43.2 Å². The molecule has 1 saturated carbocycles. The van der Waals surface area contributed by atoms with Gasteiger partial charge in [0.05, 0.1) is 19.8 Å². The standard InChI is InChI=1S/C31H40N6O2.ClH/c32-16-27-28-20-36(19-23-4-2-1-3-5-23)11-8-26(28)29(37-24-6-7-25(37)18-33-17-24)34-30(27)39-22-31(9-10-31)21-35-12-14-38-15-13-35;/h1-5,24-25,33H,6-15,17-22H2;1H/t24-,25+;. The summed E-state index contributed by atoms with van der Waals surface area (Å²) in [5.74, 6) is 1.64. The van der Waals surface area contributed by atoms with Crippen LogP contribution in [0.2, 0.25) is 0 Å². The number of fused-ring (bicyclic) bond motifs is 3. The summed E-state index contributed by atoms with van der Waals surface area (Å²) in [6.45, 7) is 9.94. The molecule has 1 aliphatic carbocycles. The van der Waals surface area contributed by atoms with Crippen LogP contribution in [-0.4, -0.2) is 86.0 Å². The molecule has 1 aromatic heterocycles. The van der Waals surface area contributed by atoms with Crippen molar-refractivity contribution in [2.45, 2.75) is 57.3 Å². The molecule has 7 rings (SSSR count). The Morgan fingerprint density at radius 2 is 1.77 bits per heavy atom. The minimum absolute atomic E-state index is 0. The quantitative estimate of drug-likeness (QED) is 0.523. The van der Waals surface area contributed by atoms with E-state index in [0.717, 1.165) is 83.4 Å². The number of halogens is 1. The zero-order valence-corrected chi connectivity index (χ0v) is 24.1. The highest BCUT2D eigenvalue weighted by Gasteiger charge is 2.46. The first-order valence-corrected chi connectivity index (χ1v) is 14.9. The van der Waals surface area contributed by atoms with Crippen LogP contribution in [0.5, 0.6) is 5.88 Å². The fourth-order valence-corrected chi connectivity index (χ4v) is 7.16. The first-order valence-electron chi connectivity index (χ1n) is 14.9. The molecule has 0 spiro atoms. The maximum absolute atomic E-state index is 10.4. The molecule has 5 heterocycles. The van der Waals surface area contributed by atoms with E-state index in [9.17, 15) is 5.26 Å². The number of anilines is 1. The fraction of sp³-hybridized carbons (Fsp3) is 0.613. The van der Waals surface area contributed by atoms with E-state index in [1.165, 1.54) is 36.8 Å². The Hall–Kier alpha value is -2.41. The summed E-state index contributed by atoms with van der Waals surface area (Å²) in [5, 5.41) is 14.1. The maximum Gasteiger partial charge on any atom is 0.234 e. The second-order valence-electron chi connectivity index (χ2n) is 12.3. The Balaban J connectivity index is 0.00000289. The predicted octanol–water partition coefficient (Wildman–Crippen LogP) is 3.37. The summed E-state index contributed by atoms with van der Waals surface area (Å²) in [6, 6.07) is 14.1. The molecule has 3 saturated heterocycles. The van der Waals surface area contributed by atoms with E-state index in [-0.39, 0.29) is 17.8 Å². The van der Waals surface area contributed by atoms with Gasteiger partial charge >= 0.3 is 0 Å². The number of benzene rings is 1. The molecule has 4 fully saturated rings. The lowest BCUT2D eigenvalue weighted by molar-refractivity contribution is 0.0233. The second-order valence-corrected chi connectivity index (χ2v) is 12.3. The van der Waals surface area contributed by atoms with Crippen molar-refractivity contribution in [2.75, 3.05) is 64.0 Å².